The molecule has 0 saturated carbocycles. The van der Waals surface area contributed by atoms with Gasteiger partial charge in [0.05, 0.1) is 5.56 Å². The van der Waals surface area contributed by atoms with Crippen LogP contribution in [0.25, 0.3) is 11.1 Å². The normalized spacial score (nSPS) is 12.2. The Bertz CT molecular complexity index is 722. The number of thiol groups is 1. The minimum absolute atomic E-state index is 0.115. The molecule has 1 nitrogen and oxygen atoms in total. The molecule has 0 radical (unpaired) electrons. The maximum Gasteiger partial charge on any atom is 0.416 e. The second-order valence-corrected chi connectivity index (χ2v) is 8.06. The highest BCUT2D eigenvalue weighted by Crippen LogP contribution is 2.40. The monoisotopic (exact) mass is 369 g/mol. The van der Waals surface area contributed by atoms with Crippen molar-refractivity contribution in [3.63, 3.8) is 0 Å². The molecule has 0 unspecified atom stereocenters. The molecule has 1 N–H and O–H groups in total. The molecule has 0 saturated heterocycles. The second kappa shape index (κ2) is 7.23. The van der Waals surface area contributed by atoms with E-state index in [1.165, 1.54) is 18.3 Å². The Morgan fingerprint density at radius 1 is 1.08 bits per heavy atom. The number of alkyl halides is 3. The zero-order valence-electron chi connectivity index (χ0n) is 13.3. The van der Waals surface area contributed by atoms with Crippen LogP contribution in [-0.4, -0.2) is 16.7 Å². The number of thioether (sulfide) groups is 1. The van der Waals surface area contributed by atoms with Gasteiger partial charge < -0.3 is 5.41 Å². The average Bonchev–Trinajstić information content (AvgIpc) is 2.54. The van der Waals surface area contributed by atoms with Crippen LogP contribution in [-0.2, 0) is 6.18 Å². The number of hydrogen-bond donors (Lipinski definition) is 2. The van der Waals surface area contributed by atoms with Crippen LogP contribution in [0.3, 0.4) is 0 Å². The van der Waals surface area contributed by atoms with Crippen LogP contribution in [0.5, 0.6) is 0 Å². The zero-order chi connectivity index (χ0) is 18.0. The van der Waals surface area contributed by atoms with E-state index in [0.717, 1.165) is 22.6 Å². The Morgan fingerprint density at radius 3 is 2.21 bits per heavy atom. The van der Waals surface area contributed by atoms with Crippen LogP contribution in [0.4, 0.5) is 13.2 Å². The Kier molecular flexibility index (Phi) is 5.71. The number of hydrogen-bond acceptors (Lipinski definition) is 3. The lowest BCUT2D eigenvalue weighted by molar-refractivity contribution is -0.137. The Morgan fingerprint density at radius 2 is 1.71 bits per heavy atom. The minimum atomic E-state index is -4.35. The van der Waals surface area contributed by atoms with E-state index in [-0.39, 0.29) is 4.75 Å². The van der Waals surface area contributed by atoms with E-state index in [1.54, 1.807) is 11.8 Å². The van der Waals surface area contributed by atoms with E-state index in [2.05, 4.69) is 26.5 Å². The summed E-state index contributed by atoms with van der Waals surface area (Å²) < 4.78 is 38.1. The van der Waals surface area contributed by atoms with E-state index in [1.807, 2.05) is 18.2 Å². The van der Waals surface area contributed by atoms with Crippen molar-refractivity contribution >= 4 is 30.6 Å². The first kappa shape index (κ1) is 18.9. The summed E-state index contributed by atoms with van der Waals surface area (Å²) in [5.41, 5.74) is 1.56. The summed E-state index contributed by atoms with van der Waals surface area (Å²) in [4.78, 5) is 0.958. The molecule has 128 valence electrons. The van der Waals surface area contributed by atoms with Gasteiger partial charge in [-0.25, -0.2) is 0 Å². The molecule has 0 aliphatic heterocycles. The first-order valence-corrected chi connectivity index (χ1v) is 8.73. The maximum atomic E-state index is 12.7. The zero-order valence-corrected chi connectivity index (χ0v) is 15.0. The summed E-state index contributed by atoms with van der Waals surface area (Å²) >= 11 is 5.98. The molecule has 0 aliphatic carbocycles. The molecule has 0 bridgehead atoms. The quantitative estimate of drug-likeness (QED) is 0.367. The number of benzene rings is 2. The third-order valence-electron chi connectivity index (χ3n) is 3.46. The number of halogens is 3. The van der Waals surface area contributed by atoms with Crippen LogP contribution in [0.2, 0.25) is 0 Å². The molecule has 0 atom stereocenters. The summed E-state index contributed by atoms with van der Waals surface area (Å²) in [5, 5.41) is 7.41. The smallest absolute Gasteiger partial charge is 0.308 e. The standard InChI is InChI=1S/C18H18F3NS2/c1-17(2,11-23)24-16-8-3-12(10-22)9-15(16)13-4-6-14(7-5-13)18(19,20)21/h3-10,22-23H,11H2,1-2H3. The lowest BCUT2D eigenvalue weighted by atomic mass is 10.0. The van der Waals surface area contributed by atoms with Gasteiger partial charge in [-0.15, -0.1) is 11.8 Å². The highest BCUT2D eigenvalue weighted by Gasteiger charge is 2.30. The van der Waals surface area contributed by atoms with Crippen LogP contribution < -0.4 is 0 Å². The predicted octanol–water partition coefficient (Wildman–Crippen LogP) is 6.17. The topological polar surface area (TPSA) is 23.9 Å². The molecule has 24 heavy (non-hydrogen) atoms. The van der Waals surface area contributed by atoms with Gasteiger partial charge in [0.25, 0.3) is 0 Å². The largest absolute Gasteiger partial charge is 0.416 e. The first-order chi connectivity index (χ1) is 11.2. The molecule has 0 heterocycles. The summed E-state index contributed by atoms with van der Waals surface area (Å²) in [6, 6.07) is 10.7. The summed E-state index contributed by atoms with van der Waals surface area (Å²) in [7, 11) is 0. The molecule has 6 heteroatoms. The van der Waals surface area contributed by atoms with Crippen LogP contribution in [0, 0.1) is 5.41 Å². The van der Waals surface area contributed by atoms with Crippen molar-refractivity contribution in [1.82, 2.24) is 0 Å². The lowest BCUT2D eigenvalue weighted by Crippen LogP contribution is -2.16. The number of nitrogens with one attached hydrogen (secondary N) is 1. The lowest BCUT2D eigenvalue weighted by Gasteiger charge is -2.23. The minimum Gasteiger partial charge on any atom is -0.308 e. The molecule has 0 amide bonds. The van der Waals surface area contributed by atoms with Gasteiger partial charge in [-0.2, -0.15) is 25.8 Å². The fourth-order valence-corrected chi connectivity index (χ4v) is 3.40. The molecule has 0 aromatic heterocycles. The van der Waals surface area contributed by atoms with E-state index in [4.69, 9.17) is 5.41 Å². The Labute approximate surface area is 149 Å². The molecule has 2 aromatic carbocycles. The number of rotatable bonds is 5. The summed E-state index contributed by atoms with van der Waals surface area (Å²) in [6.07, 6.45) is -3.12. The van der Waals surface area contributed by atoms with Crippen LogP contribution >= 0.6 is 24.4 Å². The van der Waals surface area contributed by atoms with E-state index >= 15 is 0 Å². The van der Waals surface area contributed by atoms with Crippen molar-refractivity contribution in [1.29, 1.82) is 5.41 Å². The highest BCUT2D eigenvalue weighted by atomic mass is 32.2. The molecule has 0 aliphatic rings. The highest BCUT2D eigenvalue weighted by molar-refractivity contribution is 8.01. The fourth-order valence-electron chi connectivity index (χ4n) is 2.12. The van der Waals surface area contributed by atoms with Gasteiger partial charge in [-0.1, -0.05) is 18.2 Å². The fraction of sp³-hybridized carbons (Fsp3) is 0.278. The first-order valence-electron chi connectivity index (χ1n) is 7.28. The average molecular weight is 369 g/mol. The third kappa shape index (κ3) is 4.57. The van der Waals surface area contributed by atoms with Crippen molar-refractivity contribution in [2.24, 2.45) is 0 Å². The van der Waals surface area contributed by atoms with Gasteiger partial charge in [0.1, 0.15) is 0 Å². The van der Waals surface area contributed by atoms with Crippen molar-refractivity contribution in [3.8, 4) is 11.1 Å². The molecule has 0 spiro atoms. The summed E-state index contributed by atoms with van der Waals surface area (Å²) in [6.45, 7) is 4.12. The predicted molar refractivity (Wildman–Crippen MR) is 98.6 cm³/mol. The van der Waals surface area contributed by atoms with Crippen molar-refractivity contribution in [2.45, 2.75) is 29.7 Å². The molecular formula is C18H18F3NS2. The van der Waals surface area contributed by atoms with Gasteiger partial charge in [0.2, 0.25) is 0 Å². The van der Waals surface area contributed by atoms with E-state index in [9.17, 15) is 13.2 Å². The van der Waals surface area contributed by atoms with Gasteiger partial charge >= 0.3 is 6.18 Å². The maximum absolute atomic E-state index is 12.7. The Balaban J connectivity index is 2.49. The van der Waals surface area contributed by atoms with Gasteiger partial charge in [-0.3, -0.25) is 0 Å². The van der Waals surface area contributed by atoms with Crippen molar-refractivity contribution < 1.29 is 13.2 Å². The SMILES string of the molecule is CC(C)(CS)Sc1ccc(C=N)cc1-c1ccc(C(F)(F)F)cc1. The second-order valence-electron chi connectivity index (χ2n) is 5.99. The van der Waals surface area contributed by atoms with Crippen LogP contribution in [0.15, 0.2) is 47.4 Å². The Hall–Kier alpha value is -1.40. The van der Waals surface area contributed by atoms with Gasteiger partial charge in [0, 0.05) is 21.6 Å². The molecular weight excluding hydrogens is 351 g/mol. The van der Waals surface area contributed by atoms with Crippen molar-refractivity contribution in [2.75, 3.05) is 5.75 Å². The molecule has 0 fully saturated rings. The van der Waals surface area contributed by atoms with Gasteiger partial charge in [0.15, 0.2) is 0 Å². The van der Waals surface area contributed by atoms with E-state index < -0.39 is 11.7 Å². The van der Waals surface area contributed by atoms with Crippen LogP contribution in [0.1, 0.15) is 25.0 Å². The van der Waals surface area contributed by atoms with E-state index in [0.29, 0.717) is 16.9 Å². The van der Waals surface area contributed by atoms with Gasteiger partial charge in [-0.05, 0) is 54.8 Å². The van der Waals surface area contributed by atoms with Crippen molar-refractivity contribution in [3.05, 3.63) is 53.6 Å². The summed E-state index contributed by atoms with van der Waals surface area (Å²) in [5.74, 6) is 0.663. The third-order valence-corrected chi connectivity index (χ3v) is 5.74. The molecule has 2 rings (SSSR count). The molecule has 2 aromatic rings.